The molecule has 0 atom stereocenters. The number of carboxylic acids is 1. The second-order valence-corrected chi connectivity index (χ2v) is 8.97. The highest BCUT2D eigenvalue weighted by atomic mass is 16.4. The molecular formula is C23H34N4O3. The number of rotatable bonds is 6. The predicted molar refractivity (Wildman–Crippen MR) is 116 cm³/mol. The van der Waals surface area contributed by atoms with Crippen molar-refractivity contribution in [2.24, 2.45) is 5.92 Å². The maximum absolute atomic E-state index is 13.2. The number of aliphatic carboxylic acids is 1. The molecule has 0 spiro atoms. The third kappa shape index (κ3) is 4.61. The van der Waals surface area contributed by atoms with E-state index in [1.165, 1.54) is 11.3 Å². The number of likely N-dealkylation sites (N-methyl/N-ethyl adjacent to an activating group) is 1. The Balaban J connectivity index is 1.36. The lowest BCUT2D eigenvalue weighted by atomic mass is 9.83. The summed E-state index contributed by atoms with van der Waals surface area (Å²) >= 11 is 0. The van der Waals surface area contributed by atoms with Crippen LogP contribution in [0, 0.1) is 5.92 Å². The van der Waals surface area contributed by atoms with E-state index in [1.54, 1.807) is 0 Å². The smallest absolute Gasteiger partial charge is 0.324 e. The molecule has 2 aliphatic heterocycles. The number of anilines is 1. The van der Waals surface area contributed by atoms with Gasteiger partial charge >= 0.3 is 12.0 Å². The van der Waals surface area contributed by atoms with Crippen LogP contribution in [0.2, 0.25) is 0 Å². The molecule has 1 saturated carbocycles. The van der Waals surface area contributed by atoms with Crippen molar-refractivity contribution in [2.45, 2.75) is 64.3 Å². The van der Waals surface area contributed by atoms with Gasteiger partial charge in [-0.05, 0) is 62.6 Å². The van der Waals surface area contributed by atoms with Crippen molar-refractivity contribution in [1.82, 2.24) is 14.8 Å². The van der Waals surface area contributed by atoms with E-state index >= 15 is 0 Å². The molecule has 1 aliphatic carbocycles. The van der Waals surface area contributed by atoms with Crippen molar-refractivity contribution in [1.29, 1.82) is 0 Å². The van der Waals surface area contributed by atoms with Crippen LogP contribution in [0.25, 0.3) is 0 Å². The summed E-state index contributed by atoms with van der Waals surface area (Å²) < 4.78 is 0. The van der Waals surface area contributed by atoms with Gasteiger partial charge in [-0.25, -0.2) is 4.79 Å². The van der Waals surface area contributed by atoms with Crippen LogP contribution in [0.3, 0.4) is 0 Å². The normalized spacial score (nSPS) is 25.3. The SMILES string of the molecule is CCN1CCc2cc(N3CCN([C@H]4CC[C@H](CCC(=O)O)CC4)C3=O)cnc2CC1. The summed E-state index contributed by atoms with van der Waals surface area (Å²) in [6.45, 7) is 6.87. The lowest BCUT2D eigenvalue weighted by molar-refractivity contribution is -0.137. The zero-order chi connectivity index (χ0) is 21.1. The largest absolute Gasteiger partial charge is 0.481 e. The fourth-order valence-electron chi connectivity index (χ4n) is 5.29. The third-order valence-corrected chi connectivity index (χ3v) is 7.23. The molecule has 0 bridgehead atoms. The highest BCUT2D eigenvalue weighted by Gasteiger charge is 2.36. The average molecular weight is 415 g/mol. The summed E-state index contributed by atoms with van der Waals surface area (Å²) in [5.41, 5.74) is 3.40. The van der Waals surface area contributed by atoms with Gasteiger partial charge in [0.1, 0.15) is 0 Å². The van der Waals surface area contributed by atoms with E-state index in [0.29, 0.717) is 5.92 Å². The minimum Gasteiger partial charge on any atom is -0.481 e. The summed E-state index contributed by atoms with van der Waals surface area (Å²) in [6, 6.07) is 2.58. The van der Waals surface area contributed by atoms with Gasteiger partial charge in [0, 0.05) is 50.8 Å². The number of carboxylic acid groups (broad SMARTS) is 1. The summed E-state index contributed by atoms with van der Waals surface area (Å²) in [7, 11) is 0. The lowest BCUT2D eigenvalue weighted by Crippen LogP contribution is -2.41. The number of hydrogen-bond acceptors (Lipinski definition) is 4. The molecule has 3 aliphatic rings. The number of carbonyl (C=O) groups excluding carboxylic acids is 1. The van der Waals surface area contributed by atoms with Crippen LogP contribution in [0.4, 0.5) is 10.5 Å². The minimum absolute atomic E-state index is 0.106. The van der Waals surface area contributed by atoms with Crippen molar-refractivity contribution in [3.05, 3.63) is 23.5 Å². The quantitative estimate of drug-likeness (QED) is 0.774. The Morgan fingerprint density at radius 1 is 1.13 bits per heavy atom. The van der Waals surface area contributed by atoms with Crippen molar-refractivity contribution >= 4 is 17.7 Å². The molecule has 0 unspecified atom stereocenters. The summed E-state index contributed by atoms with van der Waals surface area (Å²) in [6.07, 6.45) is 8.89. The molecule has 3 heterocycles. The number of urea groups is 1. The topological polar surface area (TPSA) is 77.0 Å². The number of aromatic nitrogens is 1. The van der Waals surface area contributed by atoms with Crippen molar-refractivity contribution < 1.29 is 14.7 Å². The van der Waals surface area contributed by atoms with Gasteiger partial charge in [-0.1, -0.05) is 6.92 Å². The van der Waals surface area contributed by atoms with Crippen LogP contribution in [0.1, 0.15) is 56.7 Å². The van der Waals surface area contributed by atoms with Crippen LogP contribution in [-0.2, 0) is 17.6 Å². The van der Waals surface area contributed by atoms with Crippen molar-refractivity contribution in [3.63, 3.8) is 0 Å². The molecule has 164 valence electrons. The van der Waals surface area contributed by atoms with Gasteiger partial charge < -0.3 is 14.9 Å². The van der Waals surface area contributed by atoms with Crippen LogP contribution in [0.15, 0.2) is 12.3 Å². The first-order valence-corrected chi connectivity index (χ1v) is 11.5. The zero-order valence-corrected chi connectivity index (χ0v) is 18.1. The fourth-order valence-corrected chi connectivity index (χ4v) is 5.29. The molecule has 0 aromatic carbocycles. The number of fused-ring (bicyclic) bond motifs is 1. The van der Waals surface area contributed by atoms with Gasteiger partial charge in [0.25, 0.3) is 0 Å². The Hall–Kier alpha value is -2.15. The molecular weight excluding hydrogens is 380 g/mol. The molecule has 30 heavy (non-hydrogen) atoms. The van der Waals surface area contributed by atoms with Gasteiger partial charge in [0.05, 0.1) is 11.9 Å². The predicted octanol–water partition coefficient (Wildman–Crippen LogP) is 3.17. The molecule has 1 aromatic heterocycles. The van der Waals surface area contributed by atoms with Gasteiger partial charge in [-0.2, -0.15) is 0 Å². The van der Waals surface area contributed by atoms with Crippen LogP contribution >= 0.6 is 0 Å². The van der Waals surface area contributed by atoms with E-state index in [2.05, 4.69) is 17.9 Å². The molecule has 1 N–H and O–H groups in total. The highest BCUT2D eigenvalue weighted by molar-refractivity contribution is 5.94. The second-order valence-electron chi connectivity index (χ2n) is 8.97. The van der Waals surface area contributed by atoms with E-state index in [1.807, 2.05) is 16.0 Å². The van der Waals surface area contributed by atoms with Gasteiger partial charge in [0.15, 0.2) is 0 Å². The third-order valence-electron chi connectivity index (χ3n) is 7.23. The van der Waals surface area contributed by atoms with E-state index in [9.17, 15) is 9.59 Å². The van der Waals surface area contributed by atoms with Crippen molar-refractivity contribution in [2.75, 3.05) is 37.6 Å². The van der Waals surface area contributed by atoms with Gasteiger partial charge in [-0.15, -0.1) is 0 Å². The molecule has 7 heteroatoms. The van der Waals surface area contributed by atoms with Crippen LogP contribution in [-0.4, -0.2) is 70.7 Å². The molecule has 2 amide bonds. The standard InChI is InChI=1S/C23H34N4O3/c1-2-25-11-9-18-15-20(16-24-21(18)10-12-25)27-14-13-26(23(27)30)19-6-3-17(4-7-19)5-8-22(28)29/h15-17,19H,2-14H2,1H3,(H,28,29)/t17-,19-. The number of hydrogen-bond donors (Lipinski definition) is 1. The first-order chi connectivity index (χ1) is 14.5. The zero-order valence-electron chi connectivity index (χ0n) is 18.1. The lowest BCUT2D eigenvalue weighted by Gasteiger charge is -2.34. The Morgan fingerprint density at radius 3 is 2.63 bits per heavy atom. The average Bonchev–Trinajstić information content (AvgIpc) is 3.01. The molecule has 1 saturated heterocycles. The molecule has 4 rings (SSSR count). The maximum atomic E-state index is 13.2. The minimum atomic E-state index is -0.709. The van der Waals surface area contributed by atoms with E-state index in [4.69, 9.17) is 10.1 Å². The number of nitrogens with zero attached hydrogens (tertiary/aromatic N) is 4. The molecule has 1 aromatic rings. The molecule has 0 radical (unpaired) electrons. The number of pyridine rings is 1. The molecule has 7 nitrogen and oxygen atoms in total. The first kappa shape index (κ1) is 21.1. The van der Waals surface area contributed by atoms with E-state index in [0.717, 1.165) is 83.4 Å². The van der Waals surface area contributed by atoms with Crippen molar-refractivity contribution in [3.8, 4) is 0 Å². The van der Waals surface area contributed by atoms with Gasteiger partial charge in [0.2, 0.25) is 0 Å². The van der Waals surface area contributed by atoms with Crippen LogP contribution in [0.5, 0.6) is 0 Å². The summed E-state index contributed by atoms with van der Waals surface area (Å²) in [5, 5.41) is 8.89. The summed E-state index contributed by atoms with van der Waals surface area (Å²) in [5.74, 6) is -0.220. The Morgan fingerprint density at radius 2 is 1.90 bits per heavy atom. The molecule has 2 fully saturated rings. The Bertz CT molecular complexity index is 776. The van der Waals surface area contributed by atoms with Crippen LogP contribution < -0.4 is 4.90 Å². The highest BCUT2D eigenvalue weighted by Crippen LogP contribution is 2.33. The second kappa shape index (κ2) is 9.33. The number of amides is 2. The van der Waals surface area contributed by atoms with E-state index < -0.39 is 5.97 Å². The summed E-state index contributed by atoms with van der Waals surface area (Å²) in [4.78, 5) is 35.1. The van der Waals surface area contributed by atoms with E-state index in [-0.39, 0.29) is 18.5 Å². The Labute approximate surface area is 179 Å². The fraction of sp³-hybridized carbons (Fsp3) is 0.696. The monoisotopic (exact) mass is 414 g/mol. The number of carbonyl (C=O) groups is 2. The maximum Gasteiger partial charge on any atom is 0.324 e. The first-order valence-electron chi connectivity index (χ1n) is 11.5. The Kier molecular flexibility index (Phi) is 6.56. The van der Waals surface area contributed by atoms with Gasteiger partial charge in [-0.3, -0.25) is 14.7 Å².